The largest absolute Gasteiger partial charge is 0.497 e. The van der Waals surface area contributed by atoms with Gasteiger partial charge >= 0.3 is 5.97 Å². The third-order valence-corrected chi connectivity index (χ3v) is 3.27. The first kappa shape index (κ1) is 16.5. The van der Waals surface area contributed by atoms with Crippen LogP contribution in [-0.4, -0.2) is 41.3 Å². The number of hydrogen-bond acceptors (Lipinski definition) is 4. The van der Waals surface area contributed by atoms with Crippen molar-refractivity contribution in [1.29, 1.82) is 0 Å². The number of rotatable bonds is 6. The molecule has 0 saturated carbocycles. The van der Waals surface area contributed by atoms with Gasteiger partial charge in [-0.3, -0.25) is 9.59 Å². The van der Waals surface area contributed by atoms with Crippen molar-refractivity contribution in [3.05, 3.63) is 28.2 Å². The first-order chi connectivity index (χ1) is 9.25. The van der Waals surface area contributed by atoms with Crippen LogP contribution in [0.4, 0.5) is 0 Å². The molecule has 1 atom stereocenters. The van der Waals surface area contributed by atoms with Crippen LogP contribution < -0.4 is 10.1 Å². The lowest BCUT2D eigenvalue weighted by Crippen LogP contribution is -2.42. The molecule has 0 radical (unpaired) electrons. The van der Waals surface area contributed by atoms with E-state index in [9.17, 15) is 14.7 Å². The van der Waals surface area contributed by atoms with Crippen LogP contribution in [0, 0.1) is 0 Å². The molecular weight excluding hydrogens is 330 g/mol. The summed E-state index contributed by atoms with van der Waals surface area (Å²) in [5.41, 5.74) is -1.16. The fourth-order valence-electron chi connectivity index (χ4n) is 1.56. The summed E-state index contributed by atoms with van der Waals surface area (Å²) >= 11 is 3.25. The van der Waals surface area contributed by atoms with E-state index in [1.807, 2.05) is 0 Å². The molecule has 0 heterocycles. The maximum atomic E-state index is 12.0. The predicted octanol–water partition coefficient (Wildman–Crippen LogP) is 1.41. The molecule has 0 aliphatic rings. The number of amides is 1. The second kappa shape index (κ2) is 6.71. The highest BCUT2D eigenvalue weighted by atomic mass is 79.9. The standard InChI is InChI=1S/C13H16BrNO5/c1-13(19,6-11(16)17)7-15-12(18)9-5-8(20-2)3-4-10(9)14/h3-5,19H,6-7H2,1-2H3,(H,15,18)(H,16,17). The van der Waals surface area contributed by atoms with Crippen molar-refractivity contribution in [1.82, 2.24) is 5.32 Å². The molecule has 1 unspecified atom stereocenters. The summed E-state index contributed by atoms with van der Waals surface area (Å²) in [5, 5.41) is 21.0. The highest BCUT2D eigenvalue weighted by Gasteiger charge is 2.25. The third-order valence-electron chi connectivity index (χ3n) is 2.58. The number of aliphatic carboxylic acids is 1. The Bertz CT molecular complexity index is 515. The van der Waals surface area contributed by atoms with Crippen LogP contribution in [0.2, 0.25) is 0 Å². The van der Waals surface area contributed by atoms with Gasteiger partial charge in [-0.15, -0.1) is 0 Å². The molecule has 0 aromatic heterocycles. The van der Waals surface area contributed by atoms with Gasteiger partial charge in [-0.25, -0.2) is 0 Å². The Morgan fingerprint density at radius 2 is 2.10 bits per heavy atom. The quantitative estimate of drug-likeness (QED) is 0.724. The molecule has 20 heavy (non-hydrogen) atoms. The van der Waals surface area contributed by atoms with Gasteiger partial charge in [-0.05, 0) is 41.1 Å². The van der Waals surface area contributed by atoms with Crippen LogP contribution in [0.15, 0.2) is 22.7 Å². The third kappa shape index (κ3) is 4.82. The van der Waals surface area contributed by atoms with Gasteiger partial charge in [0.05, 0.1) is 24.7 Å². The van der Waals surface area contributed by atoms with Gasteiger partial charge in [-0.2, -0.15) is 0 Å². The second-order valence-corrected chi connectivity index (χ2v) is 5.45. The van der Waals surface area contributed by atoms with Crippen LogP contribution in [0.5, 0.6) is 5.75 Å². The Kier molecular flexibility index (Phi) is 5.52. The molecular formula is C13H16BrNO5. The highest BCUT2D eigenvalue weighted by molar-refractivity contribution is 9.10. The molecule has 0 spiro atoms. The van der Waals surface area contributed by atoms with Crippen molar-refractivity contribution in [2.75, 3.05) is 13.7 Å². The summed E-state index contributed by atoms with van der Waals surface area (Å²) in [6.07, 6.45) is -0.452. The van der Waals surface area contributed by atoms with Crippen molar-refractivity contribution < 1.29 is 24.5 Å². The van der Waals surface area contributed by atoms with Crippen LogP contribution in [0.3, 0.4) is 0 Å². The number of halogens is 1. The number of nitrogens with one attached hydrogen (secondary N) is 1. The molecule has 0 aliphatic heterocycles. The second-order valence-electron chi connectivity index (χ2n) is 4.60. The van der Waals surface area contributed by atoms with E-state index in [0.29, 0.717) is 15.8 Å². The van der Waals surface area contributed by atoms with Crippen LogP contribution in [0.25, 0.3) is 0 Å². The summed E-state index contributed by atoms with van der Waals surface area (Å²) in [6, 6.07) is 4.91. The summed E-state index contributed by atoms with van der Waals surface area (Å²) in [6.45, 7) is 1.18. The van der Waals surface area contributed by atoms with E-state index in [2.05, 4.69) is 21.2 Å². The van der Waals surface area contributed by atoms with E-state index in [0.717, 1.165) is 0 Å². The Balaban J connectivity index is 2.74. The molecule has 110 valence electrons. The van der Waals surface area contributed by atoms with E-state index in [1.54, 1.807) is 18.2 Å². The smallest absolute Gasteiger partial charge is 0.306 e. The van der Waals surface area contributed by atoms with Crippen molar-refractivity contribution in [2.24, 2.45) is 0 Å². The molecule has 0 aliphatic carbocycles. The minimum absolute atomic E-state index is 0.165. The van der Waals surface area contributed by atoms with Crippen LogP contribution in [-0.2, 0) is 4.79 Å². The van der Waals surface area contributed by atoms with Gasteiger partial charge in [0.1, 0.15) is 5.75 Å². The van der Waals surface area contributed by atoms with Crippen molar-refractivity contribution in [3.63, 3.8) is 0 Å². The number of ether oxygens (including phenoxy) is 1. The van der Waals surface area contributed by atoms with Gasteiger partial charge in [0, 0.05) is 11.0 Å². The molecule has 1 rings (SSSR count). The lowest BCUT2D eigenvalue weighted by atomic mass is 10.0. The number of hydrogen-bond donors (Lipinski definition) is 3. The molecule has 3 N–H and O–H groups in total. The fraction of sp³-hybridized carbons (Fsp3) is 0.385. The Labute approximate surface area is 124 Å². The lowest BCUT2D eigenvalue weighted by Gasteiger charge is -2.21. The number of benzene rings is 1. The number of carbonyl (C=O) groups excluding carboxylic acids is 1. The van der Waals surface area contributed by atoms with E-state index < -0.39 is 23.9 Å². The Morgan fingerprint density at radius 1 is 1.45 bits per heavy atom. The predicted molar refractivity (Wildman–Crippen MR) is 75.9 cm³/mol. The number of carboxylic acids is 1. The Hall–Kier alpha value is -1.60. The number of carboxylic acid groups (broad SMARTS) is 1. The van der Waals surface area contributed by atoms with Gasteiger partial charge in [0.2, 0.25) is 0 Å². The van der Waals surface area contributed by atoms with Gasteiger partial charge in [-0.1, -0.05) is 0 Å². The van der Waals surface area contributed by atoms with Gasteiger partial charge in [0.25, 0.3) is 5.91 Å². The summed E-state index contributed by atoms with van der Waals surface area (Å²) in [7, 11) is 1.49. The molecule has 1 aromatic rings. The van der Waals surface area contributed by atoms with Gasteiger partial charge in [0.15, 0.2) is 0 Å². The minimum Gasteiger partial charge on any atom is -0.497 e. The molecule has 1 aromatic carbocycles. The SMILES string of the molecule is COc1ccc(Br)c(C(=O)NCC(C)(O)CC(=O)O)c1. The van der Waals surface area contributed by atoms with E-state index in [4.69, 9.17) is 9.84 Å². The summed E-state index contributed by atoms with van der Waals surface area (Å²) in [5.74, 6) is -1.04. The van der Waals surface area contributed by atoms with E-state index >= 15 is 0 Å². The summed E-state index contributed by atoms with van der Waals surface area (Å²) in [4.78, 5) is 22.6. The van der Waals surface area contributed by atoms with E-state index in [1.165, 1.54) is 14.0 Å². The first-order valence-corrected chi connectivity index (χ1v) is 6.60. The molecule has 0 saturated heterocycles. The Morgan fingerprint density at radius 3 is 2.65 bits per heavy atom. The zero-order valence-corrected chi connectivity index (χ0v) is 12.7. The minimum atomic E-state index is -1.51. The van der Waals surface area contributed by atoms with Crippen LogP contribution >= 0.6 is 15.9 Å². The van der Waals surface area contributed by atoms with Crippen molar-refractivity contribution in [3.8, 4) is 5.75 Å². The average Bonchev–Trinajstić information content (AvgIpc) is 2.35. The maximum Gasteiger partial charge on any atom is 0.306 e. The fourth-order valence-corrected chi connectivity index (χ4v) is 1.99. The lowest BCUT2D eigenvalue weighted by molar-refractivity contribution is -0.141. The zero-order chi connectivity index (χ0) is 15.3. The first-order valence-electron chi connectivity index (χ1n) is 5.81. The molecule has 1 amide bonds. The van der Waals surface area contributed by atoms with E-state index in [-0.39, 0.29) is 6.54 Å². The molecule has 0 bridgehead atoms. The maximum absolute atomic E-state index is 12.0. The topological polar surface area (TPSA) is 95.9 Å². The van der Waals surface area contributed by atoms with Gasteiger partial charge < -0.3 is 20.3 Å². The normalized spacial score (nSPS) is 13.4. The number of aliphatic hydroxyl groups is 1. The number of carbonyl (C=O) groups is 2. The monoisotopic (exact) mass is 345 g/mol. The number of methoxy groups -OCH3 is 1. The average molecular weight is 346 g/mol. The molecule has 0 fully saturated rings. The summed E-state index contributed by atoms with van der Waals surface area (Å²) < 4.78 is 5.61. The highest BCUT2D eigenvalue weighted by Crippen LogP contribution is 2.22. The van der Waals surface area contributed by atoms with Crippen molar-refractivity contribution in [2.45, 2.75) is 18.9 Å². The molecule has 7 heteroatoms. The molecule has 6 nitrogen and oxygen atoms in total. The van der Waals surface area contributed by atoms with Crippen LogP contribution in [0.1, 0.15) is 23.7 Å². The zero-order valence-electron chi connectivity index (χ0n) is 11.1. The van der Waals surface area contributed by atoms with Crippen molar-refractivity contribution >= 4 is 27.8 Å².